The summed E-state index contributed by atoms with van der Waals surface area (Å²) >= 11 is 1.70. The zero-order chi connectivity index (χ0) is 22.9. The van der Waals surface area contributed by atoms with Gasteiger partial charge in [0.25, 0.3) is 0 Å². The Morgan fingerprint density at radius 2 is 1.97 bits per heavy atom. The lowest BCUT2D eigenvalue weighted by molar-refractivity contribution is 0.0223. The molecule has 32 heavy (non-hydrogen) atoms. The van der Waals surface area contributed by atoms with E-state index in [0.717, 1.165) is 18.7 Å². The second kappa shape index (κ2) is 8.94. The van der Waals surface area contributed by atoms with Gasteiger partial charge in [-0.15, -0.1) is 6.58 Å². The van der Waals surface area contributed by atoms with Gasteiger partial charge in [0.15, 0.2) is 0 Å². The number of ether oxygens (including phenoxy) is 1. The van der Waals surface area contributed by atoms with E-state index in [1.54, 1.807) is 11.9 Å². The Labute approximate surface area is 194 Å². The lowest BCUT2D eigenvalue weighted by Gasteiger charge is -2.30. The molecule has 4 rings (SSSR count). The van der Waals surface area contributed by atoms with E-state index in [0.29, 0.717) is 13.1 Å². The fourth-order valence-electron chi connectivity index (χ4n) is 4.15. The monoisotopic (exact) mass is 449 g/mol. The number of anilines is 1. The Balaban J connectivity index is 1.68. The van der Waals surface area contributed by atoms with Crippen LogP contribution >= 0.6 is 11.9 Å². The maximum atomic E-state index is 12.7. The van der Waals surface area contributed by atoms with Crippen molar-refractivity contribution in [1.29, 1.82) is 0 Å². The van der Waals surface area contributed by atoms with E-state index in [1.165, 1.54) is 27.1 Å². The van der Waals surface area contributed by atoms with Crippen LogP contribution in [0.2, 0.25) is 0 Å². The molecular formula is C26H31N3O2S. The van der Waals surface area contributed by atoms with Crippen molar-refractivity contribution >= 4 is 34.6 Å². The smallest absolute Gasteiger partial charge is 0.410 e. The van der Waals surface area contributed by atoms with E-state index in [1.807, 2.05) is 37.8 Å². The van der Waals surface area contributed by atoms with Crippen LogP contribution in [-0.4, -0.2) is 34.8 Å². The molecule has 0 radical (unpaired) electrons. The molecule has 0 saturated heterocycles. The molecule has 0 bridgehead atoms. The van der Waals surface area contributed by atoms with Crippen molar-refractivity contribution < 1.29 is 9.53 Å². The summed E-state index contributed by atoms with van der Waals surface area (Å²) in [7, 11) is 2.08. The fraction of sp³-hybridized carbons (Fsp3) is 0.346. The predicted octanol–water partition coefficient (Wildman–Crippen LogP) is 6.26. The number of hydrogen-bond donors (Lipinski definition) is 0. The van der Waals surface area contributed by atoms with E-state index in [9.17, 15) is 4.79 Å². The highest BCUT2D eigenvalue weighted by molar-refractivity contribution is 8.00. The Morgan fingerprint density at radius 1 is 1.22 bits per heavy atom. The van der Waals surface area contributed by atoms with Crippen LogP contribution in [0.3, 0.4) is 0 Å². The average Bonchev–Trinajstić information content (AvgIpc) is 3.06. The van der Waals surface area contributed by atoms with Crippen molar-refractivity contribution in [2.24, 2.45) is 0 Å². The molecule has 0 N–H and O–H groups in total. The Kier molecular flexibility index (Phi) is 6.24. The van der Waals surface area contributed by atoms with Gasteiger partial charge in [-0.25, -0.2) is 4.79 Å². The molecule has 2 heterocycles. The van der Waals surface area contributed by atoms with E-state index >= 15 is 0 Å². The van der Waals surface area contributed by atoms with E-state index in [4.69, 9.17) is 4.74 Å². The number of aromatic nitrogens is 1. The van der Waals surface area contributed by atoms with Crippen LogP contribution in [0.15, 0.2) is 66.1 Å². The van der Waals surface area contributed by atoms with Crippen molar-refractivity contribution in [1.82, 2.24) is 9.47 Å². The van der Waals surface area contributed by atoms with Gasteiger partial charge in [0.2, 0.25) is 0 Å². The first-order valence-electron chi connectivity index (χ1n) is 11.0. The first kappa shape index (κ1) is 22.3. The molecule has 0 saturated carbocycles. The van der Waals surface area contributed by atoms with Crippen LogP contribution in [0.5, 0.6) is 0 Å². The number of fused-ring (bicyclic) bond motifs is 3. The molecule has 1 aliphatic heterocycles. The molecule has 168 valence electrons. The molecule has 1 aliphatic rings. The zero-order valence-electron chi connectivity index (χ0n) is 19.3. The van der Waals surface area contributed by atoms with Crippen LogP contribution in [0.25, 0.3) is 10.9 Å². The van der Waals surface area contributed by atoms with Gasteiger partial charge in [-0.3, -0.25) is 0 Å². The van der Waals surface area contributed by atoms with E-state index in [2.05, 4.69) is 65.0 Å². The number of rotatable bonds is 5. The lowest BCUT2D eigenvalue weighted by atomic mass is 10.0. The lowest BCUT2D eigenvalue weighted by Crippen LogP contribution is -2.40. The molecule has 1 aromatic heterocycles. The van der Waals surface area contributed by atoms with Crippen molar-refractivity contribution in [3.63, 3.8) is 0 Å². The largest absolute Gasteiger partial charge is 0.444 e. The first-order chi connectivity index (χ1) is 15.3. The van der Waals surface area contributed by atoms with Crippen LogP contribution in [-0.2, 0) is 24.2 Å². The van der Waals surface area contributed by atoms with Crippen molar-refractivity contribution in [3.8, 4) is 0 Å². The van der Waals surface area contributed by atoms with Crippen molar-refractivity contribution in [3.05, 3.63) is 72.4 Å². The summed E-state index contributed by atoms with van der Waals surface area (Å²) in [4.78, 5) is 15.8. The molecule has 1 amide bonds. The molecule has 0 aliphatic carbocycles. The van der Waals surface area contributed by atoms with Crippen LogP contribution < -0.4 is 4.31 Å². The van der Waals surface area contributed by atoms with Crippen LogP contribution in [0.1, 0.15) is 32.0 Å². The summed E-state index contributed by atoms with van der Waals surface area (Å²) in [6.07, 6.45) is 2.49. The van der Waals surface area contributed by atoms with Gasteiger partial charge in [0.05, 0.1) is 6.54 Å². The molecule has 0 unspecified atom stereocenters. The molecule has 0 atom stereocenters. The third-order valence-corrected chi connectivity index (χ3v) is 6.52. The summed E-state index contributed by atoms with van der Waals surface area (Å²) in [5, 5.41) is 1.19. The topological polar surface area (TPSA) is 37.7 Å². The third-order valence-electron chi connectivity index (χ3n) is 5.55. The number of amides is 1. The number of carbonyl (C=O) groups excluding carboxylic acids is 1. The number of allylic oxidation sites excluding steroid dienone is 1. The van der Waals surface area contributed by atoms with Gasteiger partial charge in [-0.05, 0) is 63.1 Å². The fourth-order valence-corrected chi connectivity index (χ4v) is 4.96. The molecule has 0 spiro atoms. The molecule has 6 heteroatoms. The molecule has 3 aromatic rings. The SMILES string of the molecule is C=CCn1c2c(c3cc(N(C)Sc4ccccc4)ccc31)CN(C(=O)OC(C)(C)C)CC2. The summed E-state index contributed by atoms with van der Waals surface area (Å²) in [5.41, 5.74) is 4.30. The van der Waals surface area contributed by atoms with Gasteiger partial charge in [0, 0.05) is 59.3 Å². The standard InChI is InChI=1S/C26H31N3O2S/c1-6-15-29-23-13-12-19(27(5)32-20-10-8-7-9-11-20)17-21(23)22-18-28(16-14-24(22)29)25(30)31-26(2,3)4/h6-13,17H,1,14-16,18H2,2-5H3. The zero-order valence-corrected chi connectivity index (χ0v) is 20.1. The normalized spacial score (nSPS) is 13.7. The Bertz CT molecular complexity index is 1130. The summed E-state index contributed by atoms with van der Waals surface area (Å²) in [6, 6.07) is 16.9. The van der Waals surface area contributed by atoms with E-state index in [-0.39, 0.29) is 6.09 Å². The highest BCUT2D eigenvalue weighted by Gasteiger charge is 2.29. The van der Waals surface area contributed by atoms with Gasteiger partial charge >= 0.3 is 6.09 Å². The second-order valence-corrected chi connectivity index (χ2v) is 10.3. The van der Waals surface area contributed by atoms with Crippen molar-refractivity contribution in [2.45, 2.75) is 50.8 Å². The summed E-state index contributed by atoms with van der Waals surface area (Å²) < 4.78 is 10.2. The summed E-state index contributed by atoms with van der Waals surface area (Å²) in [6.45, 7) is 11.6. The minimum Gasteiger partial charge on any atom is -0.444 e. The Hall–Kier alpha value is -2.86. The average molecular weight is 450 g/mol. The number of hydrogen-bond acceptors (Lipinski definition) is 4. The first-order valence-corrected chi connectivity index (χ1v) is 11.7. The summed E-state index contributed by atoms with van der Waals surface area (Å²) in [5.74, 6) is 0. The quantitative estimate of drug-likeness (QED) is 0.340. The van der Waals surface area contributed by atoms with Gasteiger partial charge < -0.3 is 18.5 Å². The predicted molar refractivity (Wildman–Crippen MR) is 133 cm³/mol. The maximum Gasteiger partial charge on any atom is 0.410 e. The van der Waals surface area contributed by atoms with Crippen LogP contribution in [0.4, 0.5) is 10.5 Å². The minimum absolute atomic E-state index is 0.249. The van der Waals surface area contributed by atoms with Crippen LogP contribution in [0, 0.1) is 0 Å². The highest BCUT2D eigenvalue weighted by atomic mass is 32.2. The molecule has 5 nitrogen and oxygen atoms in total. The molecule has 2 aromatic carbocycles. The third kappa shape index (κ3) is 4.65. The highest BCUT2D eigenvalue weighted by Crippen LogP contribution is 2.36. The van der Waals surface area contributed by atoms with Gasteiger partial charge in [0.1, 0.15) is 5.60 Å². The van der Waals surface area contributed by atoms with Gasteiger partial charge in [-0.1, -0.05) is 24.3 Å². The number of nitrogens with zero attached hydrogens (tertiary/aromatic N) is 3. The number of carbonyl (C=O) groups is 1. The maximum absolute atomic E-state index is 12.7. The Morgan fingerprint density at radius 3 is 2.66 bits per heavy atom. The van der Waals surface area contributed by atoms with Crippen molar-refractivity contribution in [2.75, 3.05) is 17.9 Å². The minimum atomic E-state index is -0.501. The molecular weight excluding hydrogens is 418 g/mol. The second-order valence-electron chi connectivity index (χ2n) is 9.08. The molecule has 0 fully saturated rings. The number of benzene rings is 2. The van der Waals surface area contributed by atoms with Gasteiger partial charge in [-0.2, -0.15) is 0 Å². The van der Waals surface area contributed by atoms with E-state index < -0.39 is 5.60 Å².